The van der Waals surface area contributed by atoms with Gasteiger partial charge >= 0.3 is 5.97 Å². The van der Waals surface area contributed by atoms with E-state index in [1.165, 1.54) is 43.1 Å². The van der Waals surface area contributed by atoms with Crippen LogP contribution in [0.5, 0.6) is 0 Å². The molecule has 1 unspecified atom stereocenters. The maximum atomic E-state index is 13.1. The molecule has 35 heavy (non-hydrogen) atoms. The number of hydrogen-bond donors (Lipinski definition) is 3. The normalized spacial score (nSPS) is 15.1. The summed E-state index contributed by atoms with van der Waals surface area (Å²) in [4.78, 5) is 35.7. The fraction of sp³-hybridized carbons (Fsp3) is 0.120. The van der Waals surface area contributed by atoms with Gasteiger partial charge in [-0.25, -0.2) is 4.79 Å². The molecule has 0 bridgehead atoms. The first-order chi connectivity index (χ1) is 16.9. The Morgan fingerprint density at radius 3 is 2.63 bits per heavy atom. The van der Waals surface area contributed by atoms with Crippen LogP contribution in [0.2, 0.25) is 0 Å². The first-order valence-corrected chi connectivity index (χ1v) is 10.7. The first-order valence-electron chi connectivity index (χ1n) is 10.7. The molecule has 2 aliphatic rings. The second kappa shape index (κ2) is 10.4. The molecule has 1 aliphatic carbocycles. The molecule has 1 aliphatic heterocycles. The van der Waals surface area contributed by atoms with E-state index in [0.29, 0.717) is 12.2 Å². The van der Waals surface area contributed by atoms with Crippen molar-refractivity contribution >= 4 is 28.9 Å². The number of nitrogens with one attached hydrogen (secondary N) is 2. The van der Waals surface area contributed by atoms with Crippen molar-refractivity contribution in [3.05, 3.63) is 112 Å². The Balaban J connectivity index is 1.61. The number of anilines is 2. The molecule has 1 heterocycles. The number of ether oxygens (including phenoxy) is 2. The molecular formula is C25H21N3O7. The molecule has 4 rings (SSSR count). The molecule has 3 N–H and O–H groups in total. The molecule has 1 amide bonds. The fourth-order valence-electron chi connectivity index (χ4n) is 3.68. The van der Waals surface area contributed by atoms with Gasteiger partial charge in [0, 0.05) is 11.6 Å². The third-order valence-electron chi connectivity index (χ3n) is 5.38. The third kappa shape index (κ3) is 5.38. The molecule has 0 radical (unpaired) electrons. The Labute approximate surface area is 200 Å². The lowest BCUT2D eigenvalue weighted by atomic mass is 9.96. The summed E-state index contributed by atoms with van der Waals surface area (Å²) in [5.41, 5.74) is 0.760. The van der Waals surface area contributed by atoms with Gasteiger partial charge in [0.2, 0.25) is 0 Å². The van der Waals surface area contributed by atoms with Gasteiger partial charge in [-0.1, -0.05) is 30.4 Å². The van der Waals surface area contributed by atoms with E-state index in [1.54, 1.807) is 12.1 Å². The average molecular weight is 475 g/mol. The van der Waals surface area contributed by atoms with Gasteiger partial charge < -0.3 is 25.2 Å². The molecule has 2 aromatic carbocycles. The number of carboxylic acids is 1. The summed E-state index contributed by atoms with van der Waals surface area (Å²) in [5.74, 6) is -1.35. The van der Waals surface area contributed by atoms with Crippen molar-refractivity contribution in [1.82, 2.24) is 5.32 Å². The predicted octanol–water partition coefficient (Wildman–Crippen LogP) is 4.77. The highest BCUT2D eigenvalue weighted by molar-refractivity contribution is 5.98. The lowest BCUT2D eigenvalue weighted by molar-refractivity contribution is -0.383. The number of aromatic carboxylic acids is 1. The zero-order valence-corrected chi connectivity index (χ0v) is 18.3. The monoisotopic (exact) mass is 475 g/mol. The molecule has 0 aromatic heterocycles. The topological polar surface area (TPSA) is 140 Å². The number of carbonyl (C=O) groups is 2. The summed E-state index contributed by atoms with van der Waals surface area (Å²) in [7, 11) is 0. The van der Waals surface area contributed by atoms with Crippen molar-refractivity contribution in [3.8, 4) is 0 Å². The molecule has 0 spiro atoms. The average Bonchev–Trinajstić information content (AvgIpc) is 2.88. The van der Waals surface area contributed by atoms with Crippen molar-refractivity contribution in [1.29, 1.82) is 0 Å². The molecule has 2 aromatic rings. The van der Waals surface area contributed by atoms with Gasteiger partial charge in [0.15, 0.2) is 5.76 Å². The van der Waals surface area contributed by atoms with Gasteiger partial charge in [0.25, 0.3) is 11.6 Å². The second-order valence-corrected chi connectivity index (χ2v) is 7.63. The molecule has 178 valence electrons. The third-order valence-corrected chi connectivity index (χ3v) is 5.38. The van der Waals surface area contributed by atoms with Gasteiger partial charge in [-0.15, -0.1) is 0 Å². The maximum absolute atomic E-state index is 13.1. The van der Waals surface area contributed by atoms with Gasteiger partial charge in [-0.05, 0) is 42.7 Å². The minimum atomic E-state index is -1.18. The quantitative estimate of drug-likeness (QED) is 0.366. The Morgan fingerprint density at radius 1 is 1.11 bits per heavy atom. The Kier molecular flexibility index (Phi) is 6.91. The summed E-state index contributed by atoms with van der Waals surface area (Å²) < 4.78 is 10.7. The van der Waals surface area contributed by atoms with E-state index in [-0.39, 0.29) is 28.2 Å². The summed E-state index contributed by atoms with van der Waals surface area (Å²) >= 11 is 0. The highest BCUT2D eigenvalue weighted by atomic mass is 16.6. The number of hydrogen-bond acceptors (Lipinski definition) is 7. The molecule has 1 atom stereocenters. The smallest absolute Gasteiger partial charge is 0.337 e. The van der Waals surface area contributed by atoms with E-state index >= 15 is 0 Å². The summed E-state index contributed by atoms with van der Waals surface area (Å²) in [5, 5.41) is 26.8. The summed E-state index contributed by atoms with van der Waals surface area (Å²) in [6.07, 6.45) is 11.4. The van der Waals surface area contributed by atoms with Crippen molar-refractivity contribution in [2.75, 3.05) is 5.32 Å². The van der Waals surface area contributed by atoms with Crippen molar-refractivity contribution in [3.63, 3.8) is 0 Å². The number of rotatable bonds is 8. The minimum Gasteiger partial charge on any atom is -0.478 e. The van der Waals surface area contributed by atoms with Crippen LogP contribution in [0.25, 0.3) is 0 Å². The molecule has 0 saturated carbocycles. The van der Waals surface area contributed by atoms with E-state index in [4.69, 9.17) is 9.47 Å². The van der Waals surface area contributed by atoms with E-state index in [1.807, 2.05) is 18.2 Å². The highest BCUT2D eigenvalue weighted by Gasteiger charge is 2.26. The van der Waals surface area contributed by atoms with Crippen molar-refractivity contribution < 1.29 is 29.1 Å². The van der Waals surface area contributed by atoms with E-state index in [0.717, 1.165) is 18.1 Å². The number of nitrogens with zero attached hydrogens (tertiary/aromatic N) is 1. The van der Waals surface area contributed by atoms with Gasteiger partial charge in [0.1, 0.15) is 30.5 Å². The first kappa shape index (κ1) is 23.3. The van der Waals surface area contributed by atoms with Crippen LogP contribution in [-0.2, 0) is 9.47 Å². The van der Waals surface area contributed by atoms with Crippen LogP contribution in [0.3, 0.4) is 0 Å². The number of para-hydroxylation sites is 1. The number of nitro benzene ring substituents is 1. The zero-order valence-electron chi connectivity index (χ0n) is 18.3. The van der Waals surface area contributed by atoms with Crippen LogP contribution < -0.4 is 10.6 Å². The minimum absolute atomic E-state index is 0.0432. The number of allylic oxidation sites excluding steroid dienone is 3. The molecule has 0 fully saturated rings. The van der Waals surface area contributed by atoms with Crippen molar-refractivity contribution in [2.45, 2.75) is 18.9 Å². The highest BCUT2D eigenvalue weighted by Crippen LogP contribution is 2.31. The summed E-state index contributed by atoms with van der Waals surface area (Å²) in [6, 6.07) is 9.35. The van der Waals surface area contributed by atoms with E-state index in [2.05, 4.69) is 10.6 Å². The van der Waals surface area contributed by atoms with Crippen molar-refractivity contribution in [2.24, 2.45) is 0 Å². The van der Waals surface area contributed by atoms with Gasteiger partial charge in [0.05, 0.1) is 16.2 Å². The second-order valence-electron chi connectivity index (χ2n) is 7.63. The zero-order chi connectivity index (χ0) is 24.8. The molecule has 0 saturated heterocycles. The summed E-state index contributed by atoms with van der Waals surface area (Å²) in [6.45, 7) is 0. The molecular weight excluding hydrogens is 454 g/mol. The maximum Gasteiger partial charge on any atom is 0.337 e. The number of amides is 1. The van der Waals surface area contributed by atoms with Crippen LogP contribution in [0.15, 0.2) is 90.8 Å². The lowest BCUT2D eigenvalue weighted by Gasteiger charge is -2.25. The van der Waals surface area contributed by atoms with Crippen LogP contribution in [-0.4, -0.2) is 27.9 Å². The SMILES string of the molecule is O=C(NC(C1=CC=CCC1)C1=COC=CO1)c1ccc(Nc2ccccc2C(=O)O)c([N+](=O)[O-])c1. The Hall–Kier alpha value is -4.86. The largest absolute Gasteiger partial charge is 0.478 e. The van der Waals surface area contributed by atoms with Crippen LogP contribution >= 0.6 is 0 Å². The molecule has 10 heteroatoms. The van der Waals surface area contributed by atoms with Crippen LogP contribution in [0.1, 0.15) is 33.6 Å². The lowest BCUT2D eigenvalue weighted by Crippen LogP contribution is -2.38. The fourth-order valence-corrected chi connectivity index (χ4v) is 3.68. The predicted molar refractivity (Wildman–Crippen MR) is 127 cm³/mol. The van der Waals surface area contributed by atoms with E-state index < -0.39 is 22.8 Å². The number of carbonyl (C=O) groups excluding carboxylic acids is 1. The van der Waals surface area contributed by atoms with Gasteiger partial charge in [-0.2, -0.15) is 0 Å². The Morgan fingerprint density at radius 2 is 1.94 bits per heavy atom. The molecule has 10 nitrogen and oxygen atoms in total. The number of nitro groups is 1. The van der Waals surface area contributed by atoms with Crippen LogP contribution in [0, 0.1) is 10.1 Å². The Bertz CT molecular complexity index is 1290. The van der Waals surface area contributed by atoms with E-state index in [9.17, 15) is 24.8 Å². The van der Waals surface area contributed by atoms with Gasteiger partial charge in [-0.3, -0.25) is 14.9 Å². The number of benzene rings is 2. The number of carboxylic acid groups (broad SMARTS) is 1. The van der Waals surface area contributed by atoms with Crippen LogP contribution in [0.4, 0.5) is 17.1 Å². The standard InChI is InChI=1S/C25H21N3O7/c29-24(27-23(16-6-2-1-3-7-16)22-15-34-12-13-35-22)17-10-11-20(21(14-17)28(32)33)26-19-9-5-4-8-18(19)25(30)31/h1-2,4-6,8-15,23,26H,3,7H2,(H,27,29)(H,30,31).